The minimum absolute atomic E-state index is 0.0667. The van der Waals surface area contributed by atoms with Crippen LogP contribution in [0.5, 0.6) is 5.88 Å². The van der Waals surface area contributed by atoms with Crippen molar-refractivity contribution in [1.29, 1.82) is 0 Å². The van der Waals surface area contributed by atoms with Crippen molar-refractivity contribution in [3.63, 3.8) is 0 Å². The normalized spacial score (nSPS) is 12.7. The molecule has 0 aromatic carbocycles. The Labute approximate surface area is 92.7 Å². The van der Waals surface area contributed by atoms with Gasteiger partial charge in [-0.05, 0) is 26.8 Å². The lowest BCUT2D eigenvalue weighted by Crippen LogP contribution is -2.24. The second-order valence-corrected chi connectivity index (χ2v) is 5.83. The molecule has 0 saturated heterocycles. The van der Waals surface area contributed by atoms with Gasteiger partial charge in [-0.3, -0.25) is 0 Å². The van der Waals surface area contributed by atoms with Gasteiger partial charge in [0.05, 0.1) is 0 Å². The van der Waals surface area contributed by atoms with Crippen LogP contribution in [0, 0.1) is 0 Å². The van der Waals surface area contributed by atoms with Crippen molar-refractivity contribution in [2.75, 3.05) is 0 Å². The fourth-order valence-corrected chi connectivity index (χ4v) is 1.20. The summed E-state index contributed by atoms with van der Waals surface area (Å²) in [6, 6.07) is 5.94. The molecule has 2 nitrogen and oxygen atoms in total. The Kier molecular flexibility index (Phi) is 3.08. The highest BCUT2D eigenvalue weighted by atomic mass is 16.5. The van der Waals surface area contributed by atoms with Crippen molar-refractivity contribution < 1.29 is 4.74 Å². The molecule has 0 N–H and O–H groups in total. The maximum Gasteiger partial charge on any atom is 0.213 e. The average molecular weight is 207 g/mol. The first-order valence-electron chi connectivity index (χ1n) is 5.35. The average Bonchev–Trinajstić information content (AvgIpc) is 1.99. The van der Waals surface area contributed by atoms with Crippen molar-refractivity contribution in [1.82, 2.24) is 4.98 Å². The van der Waals surface area contributed by atoms with Crippen LogP contribution < -0.4 is 4.74 Å². The first kappa shape index (κ1) is 12.0. The fraction of sp³-hybridized carbons (Fsp3) is 0.615. The topological polar surface area (TPSA) is 22.1 Å². The Bertz CT molecular complexity index is 331. The highest BCUT2D eigenvalue weighted by molar-refractivity contribution is 5.21. The van der Waals surface area contributed by atoms with Crippen molar-refractivity contribution in [2.24, 2.45) is 0 Å². The van der Waals surface area contributed by atoms with Gasteiger partial charge in [-0.2, -0.15) is 0 Å². The quantitative estimate of drug-likeness (QED) is 0.702. The van der Waals surface area contributed by atoms with Gasteiger partial charge in [-0.1, -0.05) is 26.8 Å². The van der Waals surface area contributed by atoms with E-state index in [1.165, 1.54) is 0 Å². The monoisotopic (exact) mass is 207 g/mol. The molecular weight excluding hydrogens is 186 g/mol. The highest BCUT2D eigenvalue weighted by Gasteiger charge is 2.18. The summed E-state index contributed by atoms with van der Waals surface area (Å²) in [7, 11) is 0. The highest BCUT2D eigenvalue weighted by Crippen LogP contribution is 2.23. The van der Waals surface area contributed by atoms with E-state index >= 15 is 0 Å². The molecular formula is C13H21NO. The van der Waals surface area contributed by atoms with Gasteiger partial charge in [0.25, 0.3) is 0 Å². The maximum absolute atomic E-state index is 5.73. The predicted molar refractivity (Wildman–Crippen MR) is 63.3 cm³/mol. The van der Waals surface area contributed by atoms with E-state index in [1.807, 2.05) is 39.0 Å². The minimum atomic E-state index is -0.191. The molecule has 1 aromatic rings. The number of nitrogens with zero attached hydrogens (tertiary/aromatic N) is 1. The summed E-state index contributed by atoms with van der Waals surface area (Å²) in [6.07, 6.45) is 0. The van der Waals surface area contributed by atoms with E-state index in [-0.39, 0.29) is 11.0 Å². The van der Waals surface area contributed by atoms with E-state index < -0.39 is 0 Å². The fourth-order valence-electron chi connectivity index (χ4n) is 1.20. The van der Waals surface area contributed by atoms with E-state index in [0.29, 0.717) is 5.88 Å². The molecule has 0 atom stereocenters. The van der Waals surface area contributed by atoms with E-state index in [9.17, 15) is 0 Å². The molecule has 0 amide bonds. The summed E-state index contributed by atoms with van der Waals surface area (Å²) >= 11 is 0. The van der Waals surface area contributed by atoms with Crippen LogP contribution in [0.25, 0.3) is 0 Å². The van der Waals surface area contributed by atoms with Crippen LogP contribution in [0.3, 0.4) is 0 Å². The van der Waals surface area contributed by atoms with E-state index in [0.717, 1.165) is 5.69 Å². The van der Waals surface area contributed by atoms with Crippen molar-refractivity contribution in [3.8, 4) is 5.88 Å². The Morgan fingerprint density at radius 1 is 1.00 bits per heavy atom. The summed E-state index contributed by atoms with van der Waals surface area (Å²) < 4.78 is 5.73. The second kappa shape index (κ2) is 3.84. The SMILES string of the molecule is CC(C)(C)Oc1cccc(C(C)(C)C)n1. The van der Waals surface area contributed by atoms with Gasteiger partial charge >= 0.3 is 0 Å². The van der Waals surface area contributed by atoms with Gasteiger partial charge in [0.2, 0.25) is 5.88 Å². The van der Waals surface area contributed by atoms with E-state index in [4.69, 9.17) is 4.74 Å². The summed E-state index contributed by atoms with van der Waals surface area (Å²) in [5, 5.41) is 0. The van der Waals surface area contributed by atoms with Gasteiger partial charge in [-0.15, -0.1) is 0 Å². The zero-order valence-electron chi connectivity index (χ0n) is 10.6. The summed E-state index contributed by atoms with van der Waals surface area (Å²) in [6.45, 7) is 12.5. The molecule has 0 saturated carbocycles. The number of aromatic nitrogens is 1. The van der Waals surface area contributed by atoms with Gasteiger partial charge < -0.3 is 4.74 Å². The molecule has 1 rings (SSSR count). The molecule has 84 valence electrons. The van der Waals surface area contributed by atoms with Crippen LogP contribution in [-0.4, -0.2) is 10.6 Å². The largest absolute Gasteiger partial charge is 0.472 e. The van der Waals surface area contributed by atoms with Crippen LogP contribution in [-0.2, 0) is 5.41 Å². The first-order valence-corrected chi connectivity index (χ1v) is 5.35. The van der Waals surface area contributed by atoms with Gasteiger partial charge in [0.1, 0.15) is 5.60 Å². The summed E-state index contributed by atoms with van der Waals surface area (Å²) in [4.78, 5) is 4.51. The van der Waals surface area contributed by atoms with Crippen LogP contribution in [0.1, 0.15) is 47.2 Å². The first-order chi connectivity index (χ1) is 6.68. The van der Waals surface area contributed by atoms with Crippen LogP contribution in [0.2, 0.25) is 0 Å². The Balaban J connectivity index is 2.94. The molecule has 0 bridgehead atoms. The van der Waals surface area contributed by atoms with Crippen LogP contribution >= 0.6 is 0 Å². The molecule has 0 aliphatic carbocycles. The molecule has 0 spiro atoms. The van der Waals surface area contributed by atoms with Crippen molar-refractivity contribution in [2.45, 2.75) is 52.6 Å². The number of hydrogen-bond donors (Lipinski definition) is 0. The van der Waals surface area contributed by atoms with E-state index in [2.05, 4.69) is 25.8 Å². The second-order valence-electron chi connectivity index (χ2n) is 5.83. The number of ether oxygens (including phenoxy) is 1. The Morgan fingerprint density at radius 3 is 2.07 bits per heavy atom. The summed E-state index contributed by atoms with van der Waals surface area (Å²) in [5.74, 6) is 0.704. The standard InChI is InChI=1S/C13H21NO/c1-12(2,3)10-8-7-9-11(14-10)15-13(4,5)6/h7-9H,1-6H3. The Morgan fingerprint density at radius 2 is 1.60 bits per heavy atom. The molecule has 15 heavy (non-hydrogen) atoms. The third-order valence-corrected chi connectivity index (χ3v) is 1.90. The molecule has 0 fully saturated rings. The lowest BCUT2D eigenvalue weighted by Gasteiger charge is -2.23. The lowest BCUT2D eigenvalue weighted by molar-refractivity contribution is 0.123. The van der Waals surface area contributed by atoms with Crippen molar-refractivity contribution in [3.05, 3.63) is 23.9 Å². The molecule has 0 radical (unpaired) electrons. The lowest BCUT2D eigenvalue weighted by atomic mass is 9.92. The summed E-state index contributed by atoms with van der Waals surface area (Å²) in [5.41, 5.74) is 0.935. The zero-order valence-corrected chi connectivity index (χ0v) is 10.6. The van der Waals surface area contributed by atoms with Gasteiger partial charge in [-0.25, -0.2) is 4.98 Å². The van der Waals surface area contributed by atoms with E-state index in [1.54, 1.807) is 0 Å². The Hall–Kier alpha value is -1.05. The smallest absolute Gasteiger partial charge is 0.213 e. The molecule has 0 unspecified atom stereocenters. The van der Waals surface area contributed by atoms with Crippen LogP contribution in [0.15, 0.2) is 18.2 Å². The minimum Gasteiger partial charge on any atom is -0.472 e. The maximum atomic E-state index is 5.73. The molecule has 0 aliphatic rings. The molecule has 1 heterocycles. The third kappa shape index (κ3) is 3.90. The number of rotatable bonds is 1. The number of hydrogen-bond acceptors (Lipinski definition) is 2. The van der Waals surface area contributed by atoms with Crippen LogP contribution in [0.4, 0.5) is 0 Å². The molecule has 1 aromatic heterocycles. The molecule has 2 heteroatoms. The van der Waals surface area contributed by atoms with Crippen molar-refractivity contribution >= 4 is 0 Å². The predicted octanol–water partition coefficient (Wildman–Crippen LogP) is 3.56. The third-order valence-electron chi connectivity index (χ3n) is 1.90. The van der Waals surface area contributed by atoms with Gasteiger partial charge in [0, 0.05) is 17.2 Å². The zero-order chi connectivity index (χ0) is 11.7. The van der Waals surface area contributed by atoms with Gasteiger partial charge in [0.15, 0.2) is 0 Å². The number of pyridine rings is 1. The molecule has 0 aliphatic heterocycles.